The summed E-state index contributed by atoms with van der Waals surface area (Å²) in [5, 5.41) is 8.69. The molecular weight excluding hydrogens is 130 g/mol. The third-order valence-corrected chi connectivity index (χ3v) is 3.13. The topological polar surface area (TPSA) is 63.3 Å². The molecule has 3 nitrogen and oxygen atoms in total. The molecule has 0 aromatic carbocycles. The lowest BCUT2D eigenvalue weighted by molar-refractivity contribution is -0.141. The van der Waals surface area contributed by atoms with Gasteiger partial charge in [0.1, 0.15) is 5.54 Å². The normalized spacial score (nSPS) is 40.9. The van der Waals surface area contributed by atoms with E-state index in [2.05, 4.69) is 0 Å². The molecule has 0 aliphatic heterocycles. The van der Waals surface area contributed by atoms with Crippen molar-refractivity contribution in [3.8, 4) is 0 Å². The van der Waals surface area contributed by atoms with E-state index >= 15 is 0 Å². The van der Waals surface area contributed by atoms with Crippen LogP contribution in [0.2, 0.25) is 0 Å². The molecule has 0 saturated heterocycles. The van der Waals surface area contributed by atoms with Gasteiger partial charge in [0.2, 0.25) is 0 Å². The van der Waals surface area contributed by atoms with Crippen LogP contribution in [0.25, 0.3) is 0 Å². The summed E-state index contributed by atoms with van der Waals surface area (Å²) < 4.78 is 0. The Hall–Kier alpha value is -0.570. The molecule has 2 aliphatic rings. The van der Waals surface area contributed by atoms with E-state index in [0.29, 0.717) is 6.42 Å². The summed E-state index contributed by atoms with van der Waals surface area (Å²) in [5.41, 5.74) is 4.81. The average molecular weight is 141 g/mol. The lowest BCUT2D eigenvalue weighted by Gasteiger charge is -2.28. The molecule has 2 fully saturated rings. The molecule has 1 unspecified atom stereocenters. The van der Waals surface area contributed by atoms with E-state index < -0.39 is 11.5 Å². The predicted octanol–water partition coefficient (Wildman–Crippen LogP) is 0.342. The number of carboxylic acids is 1. The highest BCUT2D eigenvalue weighted by atomic mass is 16.4. The standard InChI is InChI=1S/C7H11NO2/c8-7(5(9)10)4-6(7)2-1-3-6/h1-4,8H2,(H,9,10). The van der Waals surface area contributed by atoms with Crippen LogP contribution in [-0.2, 0) is 4.79 Å². The second-order valence-corrected chi connectivity index (χ2v) is 3.59. The second-order valence-electron chi connectivity index (χ2n) is 3.59. The van der Waals surface area contributed by atoms with Crippen molar-refractivity contribution in [3.63, 3.8) is 0 Å². The third-order valence-electron chi connectivity index (χ3n) is 3.13. The van der Waals surface area contributed by atoms with Crippen LogP contribution in [0.1, 0.15) is 25.7 Å². The number of carbonyl (C=O) groups is 1. The van der Waals surface area contributed by atoms with E-state index in [4.69, 9.17) is 10.8 Å². The average Bonchev–Trinajstić information content (AvgIpc) is 2.37. The minimum atomic E-state index is -0.842. The van der Waals surface area contributed by atoms with Crippen molar-refractivity contribution in [2.45, 2.75) is 31.2 Å². The molecule has 10 heavy (non-hydrogen) atoms. The first-order chi connectivity index (χ1) is 4.61. The van der Waals surface area contributed by atoms with Crippen molar-refractivity contribution in [3.05, 3.63) is 0 Å². The van der Waals surface area contributed by atoms with Crippen molar-refractivity contribution in [1.29, 1.82) is 0 Å². The summed E-state index contributed by atoms with van der Waals surface area (Å²) in [4.78, 5) is 10.6. The molecule has 3 N–H and O–H groups in total. The Morgan fingerprint density at radius 3 is 2.20 bits per heavy atom. The van der Waals surface area contributed by atoms with Crippen LogP contribution >= 0.6 is 0 Å². The van der Waals surface area contributed by atoms with E-state index in [1.807, 2.05) is 0 Å². The zero-order chi connectivity index (χ0) is 7.41. The summed E-state index contributed by atoms with van der Waals surface area (Å²) in [6.45, 7) is 0. The molecule has 3 heteroatoms. The van der Waals surface area contributed by atoms with E-state index in [9.17, 15) is 4.79 Å². The second kappa shape index (κ2) is 1.37. The Kier molecular flexibility index (Phi) is 0.844. The molecule has 2 saturated carbocycles. The molecule has 0 amide bonds. The number of carboxylic acid groups (broad SMARTS) is 1. The van der Waals surface area contributed by atoms with Gasteiger partial charge in [-0.25, -0.2) is 0 Å². The summed E-state index contributed by atoms with van der Waals surface area (Å²) >= 11 is 0. The Labute approximate surface area is 59.2 Å². The van der Waals surface area contributed by atoms with Crippen molar-refractivity contribution in [1.82, 2.24) is 0 Å². The van der Waals surface area contributed by atoms with Gasteiger partial charge in [-0.15, -0.1) is 0 Å². The van der Waals surface area contributed by atoms with Gasteiger partial charge >= 0.3 is 5.97 Å². The highest BCUT2D eigenvalue weighted by Gasteiger charge is 2.72. The van der Waals surface area contributed by atoms with Crippen molar-refractivity contribution in [2.24, 2.45) is 11.1 Å². The lowest BCUT2D eigenvalue weighted by Crippen LogP contribution is -2.41. The van der Waals surface area contributed by atoms with Crippen molar-refractivity contribution in [2.75, 3.05) is 0 Å². The molecule has 1 atom stereocenters. The number of rotatable bonds is 1. The molecule has 56 valence electrons. The van der Waals surface area contributed by atoms with E-state index in [1.165, 1.54) is 0 Å². The molecule has 0 bridgehead atoms. The first-order valence-electron chi connectivity index (χ1n) is 3.63. The number of nitrogens with two attached hydrogens (primary N) is 1. The Bertz CT molecular complexity index is 198. The van der Waals surface area contributed by atoms with Gasteiger partial charge in [-0.05, 0) is 19.3 Å². The number of aliphatic carboxylic acids is 1. The van der Waals surface area contributed by atoms with E-state index in [-0.39, 0.29) is 5.41 Å². The maximum Gasteiger partial charge on any atom is 0.324 e. The van der Waals surface area contributed by atoms with Crippen LogP contribution < -0.4 is 5.73 Å². The minimum Gasteiger partial charge on any atom is -0.480 e. The van der Waals surface area contributed by atoms with Crippen LogP contribution in [-0.4, -0.2) is 16.6 Å². The molecule has 1 spiro atoms. The van der Waals surface area contributed by atoms with Crippen LogP contribution in [0.15, 0.2) is 0 Å². The largest absolute Gasteiger partial charge is 0.480 e. The highest BCUT2D eigenvalue weighted by molar-refractivity contribution is 5.84. The summed E-state index contributed by atoms with van der Waals surface area (Å²) in [6, 6.07) is 0. The fraction of sp³-hybridized carbons (Fsp3) is 0.857. The van der Waals surface area contributed by atoms with Crippen LogP contribution in [0.4, 0.5) is 0 Å². The Morgan fingerprint density at radius 2 is 2.10 bits per heavy atom. The summed E-state index contributed by atoms with van der Waals surface area (Å²) in [5.74, 6) is -0.813. The zero-order valence-electron chi connectivity index (χ0n) is 5.76. The number of hydrogen-bond donors (Lipinski definition) is 2. The third kappa shape index (κ3) is 0.440. The van der Waals surface area contributed by atoms with Crippen LogP contribution in [0.5, 0.6) is 0 Å². The van der Waals surface area contributed by atoms with Crippen molar-refractivity contribution < 1.29 is 9.90 Å². The van der Waals surface area contributed by atoms with Crippen LogP contribution in [0.3, 0.4) is 0 Å². The summed E-state index contributed by atoms with van der Waals surface area (Å²) in [7, 11) is 0. The Balaban J connectivity index is 2.16. The van der Waals surface area contributed by atoms with E-state index in [0.717, 1.165) is 19.3 Å². The van der Waals surface area contributed by atoms with Gasteiger partial charge in [0.15, 0.2) is 0 Å². The monoisotopic (exact) mass is 141 g/mol. The van der Waals surface area contributed by atoms with Gasteiger partial charge in [-0.2, -0.15) is 0 Å². The smallest absolute Gasteiger partial charge is 0.324 e. The van der Waals surface area contributed by atoms with Crippen LogP contribution in [0, 0.1) is 5.41 Å². The first-order valence-corrected chi connectivity index (χ1v) is 3.63. The van der Waals surface area contributed by atoms with Gasteiger partial charge in [-0.1, -0.05) is 6.42 Å². The molecule has 0 aromatic rings. The van der Waals surface area contributed by atoms with Crippen molar-refractivity contribution >= 4 is 5.97 Å². The van der Waals surface area contributed by atoms with Gasteiger partial charge in [-0.3, -0.25) is 4.79 Å². The highest BCUT2D eigenvalue weighted by Crippen LogP contribution is 2.66. The molecule has 2 aliphatic carbocycles. The quantitative estimate of drug-likeness (QED) is 0.553. The first kappa shape index (κ1) is 6.16. The predicted molar refractivity (Wildman–Crippen MR) is 35.5 cm³/mol. The molecule has 0 radical (unpaired) electrons. The lowest BCUT2D eigenvalue weighted by atomic mass is 9.78. The fourth-order valence-corrected chi connectivity index (χ4v) is 2.02. The maximum absolute atomic E-state index is 10.6. The SMILES string of the molecule is NC1(C(=O)O)CC12CCC2. The molecule has 2 rings (SSSR count). The van der Waals surface area contributed by atoms with Gasteiger partial charge in [0.05, 0.1) is 0 Å². The molecular formula is C7H11NO2. The van der Waals surface area contributed by atoms with Gasteiger partial charge < -0.3 is 10.8 Å². The minimum absolute atomic E-state index is 0.0266. The van der Waals surface area contributed by atoms with Gasteiger partial charge in [0.25, 0.3) is 0 Å². The summed E-state index contributed by atoms with van der Waals surface area (Å²) in [6.07, 6.45) is 3.91. The van der Waals surface area contributed by atoms with E-state index in [1.54, 1.807) is 0 Å². The zero-order valence-corrected chi connectivity index (χ0v) is 5.76. The number of hydrogen-bond acceptors (Lipinski definition) is 2. The maximum atomic E-state index is 10.6. The Morgan fingerprint density at radius 1 is 1.50 bits per heavy atom. The molecule has 0 heterocycles. The van der Waals surface area contributed by atoms with Gasteiger partial charge in [0, 0.05) is 5.41 Å². The fourth-order valence-electron chi connectivity index (χ4n) is 2.02. The molecule has 0 aromatic heterocycles.